The molecule has 2 rings (SSSR count). The van der Waals surface area contributed by atoms with Crippen molar-refractivity contribution in [2.45, 2.75) is 31.0 Å². The van der Waals surface area contributed by atoms with Crippen molar-refractivity contribution >= 4 is 5.97 Å². The lowest BCUT2D eigenvalue weighted by atomic mass is 9.75. The lowest BCUT2D eigenvalue weighted by Crippen LogP contribution is -2.49. The average molecular weight is 506 g/mol. The number of hydrogen-bond acceptors (Lipinski definition) is 9. The van der Waals surface area contributed by atoms with E-state index < -0.39 is 17.7 Å². The minimum atomic E-state index is -1.44. The molecule has 0 saturated carbocycles. The number of hydrogen-bond donors (Lipinski definition) is 1. The van der Waals surface area contributed by atoms with E-state index in [2.05, 4.69) is 4.90 Å². The second-order valence-corrected chi connectivity index (χ2v) is 8.47. The van der Waals surface area contributed by atoms with Crippen molar-refractivity contribution in [3.8, 4) is 23.0 Å². The second kappa shape index (κ2) is 13.9. The van der Waals surface area contributed by atoms with Gasteiger partial charge in [0.1, 0.15) is 5.41 Å². The maximum absolute atomic E-state index is 13.1. The Morgan fingerprint density at radius 1 is 0.861 bits per heavy atom. The normalized spacial score (nSPS) is 13.6. The van der Waals surface area contributed by atoms with Crippen LogP contribution in [0.2, 0.25) is 0 Å². The summed E-state index contributed by atoms with van der Waals surface area (Å²) < 4.78 is 31.9. The number of esters is 1. The number of aliphatic hydroxyl groups excluding tert-OH is 1. The fraction of sp³-hybridized carbons (Fsp3) is 0.519. The Hall–Kier alpha value is -3.01. The molecule has 0 aliphatic rings. The fourth-order valence-electron chi connectivity index (χ4n) is 4.32. The van der Waals surface area contributed by atoms with Crippen molar-refractivity contribution in [1.29, 1.82) is 0 Å². The Balaban J connectivity index is 2.17. The first-order chi connectivity index (χ1) is 17.3. The smallest absolute Gasteiger partial charge is 0.321 e. The predicted octanol–water partition coefficient (Wildman–Crippen LogP) is 3.05. The highest BCUT2D eigenvalue weighted by Gasteiger charge is 2.48. The predicted molar refractivity (Wildman–Crippen MR) is 136 cm³/mol. The first kappa shape index (κ1) is 29.2. The molecule has 0 heterocycles. The Labute approximate surface area is 213 Å². The average Bonchev–Trinajstić information content (AvgIpc) is 2.92. The highest BCUT2D eigenvalue weighted by Crippen LogP contribution is 2.39. The minimum Gasteiger partial charge on any atom is -0.493 e. The van der Waals surface area contributed by atoms with Gasteiger partial charge in [-0.05, 0) is 68.2 Å². The molecule has 9 nitrogen and oxygen atoms in total. The highest BCUT2D eigenvalue weighted by molar-refractivity contribution is 5.84. The lowest BCUT2D eigenvalue weighted by molar-refractivity contribution is -0.176. The molecule has 2 aromatic carbocycles. The molecule has 200 valence electrons. The third-order valence-corrected chi connectivity index (χ3v) is 6.43. The zero-order valence-corrected chi connectivity index (χ0v) is 22.3. The van der Waals surface area contributed by atoms with Gasteiger partial charge in [0.2, 0.25) is 0 Å². The van der Waals surface area contributed by atoms with Crippen molar-refractivity contribution in [2.75, 3.05) is 62.8 Å². The number of aliphatic hydroxyl groups is 1. The van der Waals surface area contributed by atoms with Crippen LogP contribution in [0, 0.1) is 0 Å². The summed E-state index contributed by atoms with van der Waals surface area (Å²) in [4.78, 5) is 15.3. The maximum Gasteiger partial charge on any atom is 0.321 e. The van der Waals surface area contributed by atoms with E-state index in [1.54, 1.807) is 32.4 Å². The van der Waals surface area contributed by atoms with Crippen molar-refractivity contribution in [1.82, 2.24) is 4.90 Å². The van der Waals surface area contributed by atoms with Crippen molar-refractivity contribution in [3.63, 3.8) is 0 Å². The van der Waals surface area contributed by atoms with Crippen LogP contribution in [0.4, 0.5) is 0 Å². The van der Waals surface area contributed by atoms with E-state index >= 15 is 0 Å². The number of carbonyl (C=O) groups is 1. The van der Waals surface area contributed by atoms with Crippen LogP contribution in [0.25, 0.3) is 0 Å². The number of carbonyl (C=O) groups excluding carboxylic acids is 1. The third kappa shape index (κ3) is 6.60. The van der Waals surface area contributed by atoms with E-state index in [9.17, 15) is 9.90 Å². The second-order valence-electron chi connectivity index (χ2n) is 8.47. The summed E-state index contributed by atoms with van der Waals surface area (Å²) in [5, 5.41) is 10.9. The van der Waals surface area contributed by atoms with Crippen LogP contribution in [0.3, 0.4) is 0 Å². The Morgan fingerprint density at radius 2 is 1.44 bits per heavy atom. The zero-order valence-electron chi connectivity index (χ0n) is 22.3. The molecule has 0 amide bonds. The van der Waals surface area contributed by atoms with E-state index in [-0.39, 0.29) is 0 Å². The van der Waals surface area contributed by atoms with Gasteiger partial charge in [0, 0.05) is 13.7 Å². The van der Waals surface area contributed by atoms with Crippen LogP contribution in [0.5, 0.6) is 23.0 Å². The largest absolute Gasteiger partial charge is 0.493 e. The molecular formula is C27H39NO8. The van der Waals surface area contributed by atoms with Gasteiger partial charge < -0.3 is 38.4 Å². The topological polar surface area (TPSA) is 95.9 Å². The van der Waals surface area contributed by atoms with E-state index in [1.165, 1.54) is 28.4 Å². The lowest BCUT2D eigenvalue weighted by Gasteiger charge is -2.35. The van der Waals surface area contributed by atoms with Gasteiger partial charge in [0.15, 0.2) is 29.3 Å². The van der Waals surface area contributed by atoms with Gasteiger partial charge in [0.25, 0.3) is 0 Å². The molecule has 9 heteroatoms. The standard InChI is InChI=1S/C27H39NO8/c1-28(16-13-19-9-11-21(31-2)23(17-19)33-4)15-8-14-27(25(29)35-6,26(30)36-7)20-10-12-22(32-3)24(18-20)34-5/h9-12,17-18,25,29H,8,13-16H2,1-7H3. The molecule has 0 aromatic heterocycles. The summed E-state index contributed by atoms with van der Waals surface area (Å²) in [6.45, 7) is 1.49. The van der Waals surface area contributed by atoms with E-state index in [0.717, 1.165) is 18.5 Å². The summed E-state index contributed by atoms with van der Waals surface area (Å²) in [5.41, 5.74) is 0.214. The zero-order chi connectivity index (χ0) is 26.7. The van der Waals surface area contributed by atoms with Crippen LogP contribution >= 0.6 is 0 Å². The molecule has 0 bridgehead atoms. The number of likely N-dealkylation sites (N-methyl/N-ethyl adjacent to an activating group) is 1. The van der Waals surface area contributed by atoms with Gasteiger partial charge >= 0.3 is 5.97 Å². The minimum absolute atomic E-state index is 0.296. The molecule has 0 fully saturated rings. The molecule has 2 unspecified atom stereocenters. The number of rotatable bonds is 15. The van der Waals surface area contributed by atoms with E-state index in [4.69, 9.17) is 28.4 Å². The first-order valence-corrected chi connectivity index (χ1v) is 11.7. The summed E-state index contributed by atoms with van der Waals surface area (Å²) in [6, 6.07) is 11.0. The van der Waals surface area contributed by atoms with E-state index in [1.807, 2.05) is 25.2 Å². The van der Waals surface area contributed by atoms with Crippen molar-refractivity contribution < 1.29 is 38.3 Å². The van der Waals surface area contributed by atoms with Gasteiger partial charge in [0.05, 0.1) is 35.5 Å². The molecule has 2 atom stereocenters. The summed E-state index contributed by atoms with van der Waals surface area (Å²) in [6.07, 6.45) is 0.298. The maximum atomic E-state index is 13.1. The molecular weight excluding hydrogens is 466 g/mol. The van der Waals surface area contributed by atoms with Crippen molar-refractivity contribution in [2.24, 2.45) is 0 Å². The summed E-state index contributed by atoms with van der Waals surface area (Å²) in [7, 11) is 11.0. The highest BCUT2D eigenvalue weighted by atomic mass is 16.6. The van der Waals surface area contributed by atoms with Crippen LogP contribution in [0.15, 0.2) is 36.4 Å². The third-order valence-electron chi connectivity index (χ3n) is 6.43. The Bertz CT molecular complexity index is 982. The monoisotopic (exact) mass is 505 g/mol. The van der Waals surface area contributed by atoms with Gasteiger partial charge in [-0.1, -0.05) is 12.1 Å². The number of ether oxygens (including phenoxy) is 6. The van der Waals surface area contributed by atoms with Gasteiger partial charge in [-0.25, -0.2) is 0 Å². The molecule has 0 radical (unpaired) electrons. The quantitative estimate of drug-likeness (QED) is 0.289. The molecule has 0 aliphatic heterocycles. The molecule has 36 heavy (non-hydrogen) atoms. The molecule has 2 aromatic rings. The van der Waals surface area contributed by atoms with Gasteiger partial charge in [-0.3, -0.25) is 4.79 Å². The van der Waals surface area contributed by atoms with Crippen LogP contribution in [-0.2, 0) is 26.1 Å². The number of methoxy groups -OCH3 is 6. The van der Waals surface area contributed by atoms with Crippen LogP contribution < -0.4 is 18.9 Å². The van der Waals surface area contributed by atoms with Gasteiger partial charge in [-0.15, -0.1) is 0 Å². The SMILES string of the molecule is COC(=O)C(CCCN(C)CCc1ccc(OC)c(OC)c1)(c1ccc(OC)c(OC)c1)C(O)OC. The van der Waals surface area contributed by atoms with Crippen LogP contribution in [0.1, 0.15) is 24.0 Å². The molecule has 1 N–H and O–H groups in total. The molecule has 0 aliphatic carbocycles. The Morgan fingerprint density at radius 3 is 2.00 bits per heavy atom. The van der Waals surface area contributed by atoms with Crippen molar-refractivity contribution in [3.05, 3.63) is 47.5 Å². The first-order valence-electron chi connectivity index (χ1n) is 11.7. The summed E-state index contributed by atoms with van der Waals surface area (Å²) >= 11 is 0. The van der Waals surface area contributed by atoms with E-state index in [0.29, 0.717) is 47.9 Å². The summed E-state index contributed by atoms with van der Waals surface area (Å²) in [5.74, 6) is 1.77. The molecule has 0 saturated heterocycles. The van der Waals surface area contributed by atoms with Crippen LogP contribution in [-0.4, -0.2) is 85.1 Å². The number of nitrogens with zero attached hydrogens (tertiary/aromatic N) is 1. The van der Waals surface area contributed by atoms with Gasteiger partial charge in [-0.2, -0.15) is 0 Å². The Kier molecular flexibility index (Phi) is 11.3. The fourth-order valence-corrected chi connectivity index (χ4v) is 4.32. The number of benzene rings is 2. The molecule has 0 spiro atoms.